The van der Waals surface area contributed by atoms with Crippen molar-refractivity contribution in [3.8, 4) is 12.3 Å². The Morgan fingerprint density at radius 2 is 1.78 bits per heavy atom. The fourth-order valence-corrected chi connectivity index (χ4v) is 1.35. The Balaban J connectivity index is 4.15. The van der Waals surface area contributed by atoms with Gasteiger partial charge in [-0.2, -0.15) is 0 Å². The van der Waals surface area contributed by atoms with Crippen molar-refractivity contribution in [2.45, 2.75) is 33.2 Å². The van der Waals surface area contributed by atoms with E-state index < -0.39 is 0 Å². The van der Waals surface area contributed by atoms with Crippen LogP contribution >= 0.6 is 0 Å². The zero-order valence-corrected chi connectivity index (χ0v) is 11.7. The molecule has 0 aromatic rings. The van der Waals surface area contributed by atoms with E-state index in [0.29, 0.717) is 6.54 Å². The Labute approximate surface area is 109 Å². The van der Waals surface area contributed by atoms with Crippen molar-refractivity contribution < 1.29 is 9.59 Å². The van der Waals surface area contributed by atoms with E-state index in [1.54, 1.807) is 4.90 Å². The molecule has 0 atom stereocenters. The molecule has 102 valence electrons. The van der Waals surface area contributed by atoms with Crippen LogP contribution in [-0.2, 0) is 9.59 Å². The van der Waals surface area contributed by atoms with Crippen LogP contribution in [0.15, 0.2) is 0 Å². The maximum Gasteiger partial charge on any atom is 0.234 e. The Kier molecular flexibility index (Phi) is 7.06. The van der Waals surface area contributed by atoms with Crippen molar-refractivity contribution in [1.82, 2.24) is 15.5 Å². The van der Waals surface area contributed by atoms with Gasteiger partial charge in [-0.05, 0) is 27.3 Å². The topological polar surface area (TPSA) is 61.4 Å². The van der Waals surface area contributed by atoms with E-state index in [-0.39, 0.29) is 37.0 Å². The molecule has 0 bridgehead atoms. The van der Waals surface area contributed by atoms with Gasteiger partial charge in [0.2, 0.25) is 11.8 Å². The predicted molar refractivity (Wildman–Crippen MR) is 71.9 cm³/mol. The summed E-state index contributed by atoms with van der Waals surface area (Å²) in [5.41, 5.74) is -0.262. The maximum absolute atomic E-state index is 11.7. The summed E-state index contributed by atoms with van der Waals surface area (Å²) < 4.78 is 0. The fourth-order valence-electron chi connectivity index (χ4n) is 1.35. The predicted octanol–water partition coefficient (Wildman–Crippen LogP) is -0.0276. The van der Waals surface area contributed by atoms with Crippen molar-refractivity contribution in [1.29, 1.82) is 0 Å². The van der Waals surface area contributed by atoms with E-state index >= 15 is 0 Å². The van der Waals surface area contributed by atoms with Crippen LogP contribution in [0.2, 0.25) is 0 Å². The van der Waals surface area contributed by atoms with Gasteiger partial charge in [0.05, 0.1) is 19.6 Å². The summed E-state index contributed by atoms with van der Waals surface area (Å²) in [5.74, 6) is 2.07. The lowest BCUT2D eigenvalue weighted by molar-refractivity contribution is -0.125. The van der Waals surface area contributed by atoms with Crippen molar-refractivity contribution in [2.24, 2.45) is 0 Å². The smallest absolute Gasteiger partial charge is 0.234 e. The van der Waals surface area contributed by atoms with Crippen LogP contribution in [0, 0.1) is 12.3 Å². The third-order valence-corrected chi connectivity index (χ3v) is 2.08. The van der Waals surface area contributed by atoms with Gasteiger partial charge in [0, 0.05) is 5.54 Å². The average Bonchev–Trinajstić information content (AvgIpc) is 2.22. The molecule has 5 nitrogen and oxygen atoms in total. The molecule has 5 heteroatoms. The summed E-state index contributed by atoms with van der Waals surface area (Å²) in [6, 6.07) is 0. The number of hydrogen-bond donors (Lipinski definition) is 2. The monoisotopic (exact) mass is 253 g/mol. The van der Waals surface area contributed by atoms with Crippen LogP contribution in [0.25, 0.3) is 0 Å². The first kappa shape index (κ1) is 16.5. The third-order valence-electron chi connectivity index (χ3n) is 2.08. The highest BCUT2D eigenvalue weighted by Crippen LogP contribution is 1.98. The van der Waals surface area contributed by atoms with E-state index in [1.807, 2.05) is 27.7 Å². The minimum Gasteiger partial charge on any atom is -0.350 e. The molecule has 0 rings (SSSR count). The molecule has 2 amide bonds. The lowest BCUT2D eigenvalue weighted by Gasteiger charge is -2.24. The molecule has 0 aromatic carbocycles. The van der Waals surface area contributed by atoms with Gasteiger partial charge in [-0.25, -0.2) is 0 Å². The van der Waals surface area contributed by atoms with Gasteiger partial charge in [0.15, 0.2) is 0 Å². The number of nitrogens with one attached hydrogen (secondary N) is 2. The standard InChI is InChI=1S/C13H23N3O2/c1-6-8-14-11(17)9-16(7-2)10-12(18)15-13(3,4)5/h1H,7-10H2,2-5H3,(H,14,17)(H,15,18). The largest absolute Gasteiger partial charge is 0.350 e. The van der Waals surface area contributed by atoms with Gasteiger partial charge in [-0.1, -0.05) is 12.8 Å². The molecule has 0 spiro atoms. The highest BCUT2D eigenvalue weighted by atomic mass is 16.2. The SMILES string of the molecule is C#CCNC(=O)CN(CC)CC(=O)NC(C)(C)C. The number of nitrogens with zero attached hydrogens (tertiary/aromatic N) is 1. The Hall–Kier alpha value is -1.54. The second kappa shape index (κ2) is 7.72. The molecular weight excluding hydrogens is 230 g/mol. The van der Waals surface area contributed by atoms with Crippen LogP contribution in [0.5, 0.6) is 0 Å². The Bertz CT molecular complexity index is 326. The minimum absolute atomic E-state index is 0.0888. The second-order valence-corrected chi connectivity index (χ2v) is 5.08. The van der Waals surface area contributed by atoms with E-state index in [0.717, 1.165) is 0 Å². The number of terminal acetylenes is 1. The molecule has 18 heavy (non-hydrogen) atoms. The van der Waals surface area contributed by atoms with Crippen LogP contribution < -0.4 is 10.6 Å². The maximum atomic E-state index is 11.7. The molecule has 0 aromatic heterocycles. The fraction of sp³-hybridized carbons (Fsp3) is 0.692. The zero-order valence-electron chi connectivity index (χ0n) is 11.7. The molecule has 0 aliphatic rings. The second-order valence-electron chi connectivity index (χ2n) is 5.08. The van der Waals surface area contributed by atoms with E-state index in [2.05, 4.69) is 16.6 Å². The van der Waals surface area contributed by atoms with Gasteiger partial charge in [0.1, 0.15) is 0 Å². The quantitative estimate of drug-likeness (QED) is 0.654. The normalized spacial score (nSPS) is 10.9. The molecule has 2 N–H and O–H groups in total. The molecule has 0 unspecified atom stereocenters. The number of likely N-dealkylation sites (N-methyl/N-ethyl adjacent to an activating group) is 1. The number of hydrogen-bond acceptors (Lipinski definition) is 3. The molecule has 0 heterocycles. The number of carbonyl (C=O) groups is 2. The van der Waals surface area contributed by atoms with Crippen molar-refractivity contribution in [3.05, 3.63) is 0 Å². The summed E-state index contributed by atoms with van der Waals surface area (Å²) in [7, 11) is 0. The molecule has 0 aliphatic heterocycles. The van der Waals surface area contributed by atoms with Crippen molar-refractivity contribution in [2.75, 3.05) is 26.2 Å². The molecule has 0 saturated heterocycles. The summed E-state index contributed by atoms with van der Waals surface area (Å²) in [4.78, 5) is 24.9. The number of carbonyl (C=O) groups excluding carboxylic acids is 2. The van der Waals surface area contributed by atoms with Gasteiger partial charge < -0.3 is 10.6 Å². The van der Waals surface area contributed by atoms with Crippen LogP contribution in [0.4, 0.5) is 0 Å². The molecule has 0 fully saturated rings. The first-order chi connectivity index (χ1) is 8.28. The highest BCUT2D eigenvalue weighted by Gasteiger charge is 2.17. The highest BCUT2D eigenvalue weighted by molar-refractivity contribution is 5.81. The molecular formula is C13H23N3O2. The third kappa shape index (κ3) is 8.59. The number of amides is 2. The summed E-state index contributed by atoms with van der Waals surface area (Å²) >= 11 is 0. The average molecular weight is 253 g/mol. The van der Waals surface area contributed by atoms with Crippen LogP contribution in [-0.4, -0.2) is 48.4 Å². The summed E-state index contributed by atoms with van der Waals surface area (Å²) in [5, 5.41) is 5.43. The van der Waals surface area contributed by atoms with Crippen molar-refractivity contribution >= 4 is 11.8 Å². The molecule has 0 radical (unpaired) electrons. The van der Waals surface area contributed by atoms with Crippen molar-refractivity contribution in [3.63, 3.8) is 0 Å². The lowest BCUT2D eigenvalue weighted by atomic mass is 10.1. The van der Waals surface area contributed by atoms with Gasteiger partial charge in [-0.3, -0.25) is 14.5 Å². The molecule has 0 saturated carbocycles. The van der Waals surface area contributed by atoms with Gasteiger partial charge >= 0.3 is 0 Å². The van der Waals surface area contributed by atoms with E-state index in [1.165, 1.54) is 0 Å². The van der Waals surface area contributed by atoms with Crippen LogP contribution in [0.1, 0.15) is 27.7 Å². The minimum atomic E-state index is -0.262. The first-order valence-corrected chi connectivity index (χ1v) is 6.02. The van der Waals surface area contributed by atoms with E-state index in [4.69, 9.17) is 6.42 Å². The summed E-state index contributed by atoms with van der Waals surface area (Å²) in [6.07, 6.45) is 5.05. The lowest BCUT2D eigenvalue weighted by Crippen LogP contribution is -2.47. The first-order valence-electron chi connectivity index (χ1n) is 6.02. The Morgan fingerprint density at radius 3 is 2.22 bits per heavy atom. The van der Waals surface area contributed by atoms with Crippen LogP contribution in [0.3, 0.4) is 0 Å². The van der Waals surface area contributed by atoms with E-state index in [9.17, 15) is 9.59 Å². The number of rotatable bonds is 6. The zero-order chi connectivity index (χ0) is 14.2. The van der Waals surface area contributed by atoms with Gasteiger partial charge in [-0.15, -0.1) is 6.42 Å². The molecule has 0 aliphatic carbocycles. The Morgan fingerprint density at radius 1 is 1.22 bits per heavy atom. The van der Waals surface area contributed by atoms with Gasteiger partial charge in [0.25, 0.3) is 0 Å². The summed E-state index contributed by atoms with van der Waals surface area (Å²) in [6.45, 7) is 8.87.